The Labute approximate surface area is 105 Å². The van der Waals surface area contributed by atoms with Crippen LogP contribution in [0.5, 0.6) is 0 Å². The highest BCUT2D eigenvalue weighted by Gasteiger charge is 2.23. The van der Waals surface area contributed by atoms with Gasteiger partial charge in [0.1, 0.15) is 12.2 Å². The standard InChI is InChI=1S/C11H17N5O2/c17-10-4-3-8(6-13-10)11(18)12-5-1-2-9-14-7-15-16-9/h7-8H,1-6H2,(H,12,18)(H,13,17)(H,14,15,16). The smallest absolute Gasteiger partial charge is 0.224 e. The molecule has 0 bridgehead atoms. The average Bonchev–Trinajstić information content (AvgIpc) is 2.88. The van der Waals surface area contributed by atoms with Crippen molar-refractivity contribution < 1.29 is 9.59 Å². The van der Waals surface area contributed by atoms with E-state index in [4.69, 9.17) is 0 Å². The Morgan fingerprint density at radius 3 is 3.11 bits per heavy atom. The lowest BCUT2D eigenvalue weighted by Gasteiger charge is -2.21. The normalized spacial score (nSPS) is 19.3. The summed E-state index contributed by atoms with van der Waals surface area (Å²) in [6.45, 7) is 1.07. The molecule has 0 spiro atoms. The Morgan fingerprint density at radius 1 is 1.56 bits per heavy atom. The monoisotopic (exact) mass is 251 g/mol. The molecule has 0 radical (unpaired) electrons. The van der Waals surface area contributed by atoms with Gasteiger partial charge in [-0.15, -0.1) is 0 Å². The van der Waals surface area contributed by atoms with Gasteiger partial charge in [0.05, 0.1) is 5.92 Å². The van der Waals surface area contributed by atoms with Crippen molar-refractivity contribution in [3.63, 3.8) is 0 Å². The molecule has 1 aliphatic heterocycles. The first kappa shape index (κ1) is 12.5. The third-order valence-corrected chi connectivity index (χ3v) is 2.99. The molecule has 2 amide bonds. The molecule has 7 heteroatoms. The minimum absolute atomic E-state index is 0.0209. The molecule has 2 heterocycles. The molecule has 0 aliphatic carbocycles. The zero-order chi connectivity index (χ0) is 12.8. The first-order valence-corrected chi connectivity index (χ1v) is 6.14. The summed E-state index contributed by atoms with van der Waals surface area (Å²) in [6.07, 6.45) is 4.14. The van der Waals surface area contributed by atoms with Crippen LogP contribution in [-0.2, 0) is 16.0 Å². The number of amides is 2. The van der Waals surface area contributed by atoms with E-state index in [9.17, 15) is 9.59 Å². The molecule has 98 valence electrons. The molecule has 0 aromatic carbocycles. The summed E-state index contributed by atoms with van der Waals surface area (Å²) in [7, 11) is 0. The van der Waals surface area contributed by atoms with E-state index < -0.39 is 0 Å². The van der Waals surface area contributed by atoms with Crippen LogP contribution in [0, 0.1) is 5.92 Å². The van der Waals surface area contributed by atoms with Gasteiger partial charge in [-0.05, 0) is 12.8 Å². The maximum absolute atomic E-state index is 11.8. The Morgan fingerprint density at radius 2 is 2.44 bits per heavy atom. The van der Waals surface area contributed by atoms with Gasteiger partial charge in [0.15, 0.2) is 0 Å². The fraction of sp³-hybridized carbons (Fsp3) is 0.636. The number of H-pyrrole nitrogens is 1. The lowest BCUT2D eigenvalue weighted by molar-refractivity contribution is -0.128. The van der Waals surface area contributed by atoms with Crippen molar-refractivity contribution in [1.29, 1.82) is 0 Å². The number of aromatic nitrogens is 3. The van der Waals surface area contributed by atoms with Gasteiger partial charge < -0.3 is 10.6 Å². The van der Waals surface area contributed by atoms with Crippen molar-refractivity contribution >= 4 is 11.8 Å². The molecule has 1 unspecified atom stereocenters. The highest BCUT2D eigenvalue weighted by molar-refractivity contribution is 5.83. The predicted molar refractivity (Wildman–Crippen MR) is 63.4 cm³/mol. The molecule has 3 N–H and O–H groups in total. The maximum Gasteiger partial charge on any atom is 0.224 e. The fourth-order valence-corrected chi connectivity index (χ4v) is 1.92. The number of carbonyl (C=O) groups is 2. The van der Waals surface area contributed by atoms with Crippen LogP contribution in [0.1, 0.15) is 25.1 Å². The summed E-state index contributed by atoms with van der Waals surface area (Å²) in [5.41, 5.74) is 0. The average molecular weight is 251 g/mol. The number of hydrogen-bond acceptors (Lipinski definition) is 4. The lowest BCUT2D eigenvalue weighted by atomic mass is 9.98. The number of piperidine rings is 1. The summed E-state index contributed by atoms with van der Waals surface area (Å²) >= 11 is 0. The molecule has 1 fully saturated rings. The van der Waals surface area contributed by atoms with Gasteiger partial charge in [-0.3, -0.25) is 14.7 Å². The van der Waals surface area contributed by atoms with E-state index in [0.29, 0.717) is 25.9 Å². The summed E-state index contributed by atoms with van der Waals surface area (Å²) in [4.78, 5) is 26.7. The van der Waals surface area contributed by atoms with Gasteiger partial charge >= 0.3 is 0 Å². The predicted octanol–water partition coefficient (Wildman–Crippen LogP) is -0.620. The molecule has 0 saturated carbocycles. The number of aromatic amines is 1. The second-order valence-corrected chi connectivity index (χ2v) is 4.37. The van der Waals surface area contributed by atoms with Crippen LogP contribution in [0.15, 0.2) is 6.33 Å². The Hall–Kier alpha value is -1.92. The van der Waals surface area contributed by atoms with Gasteiger partial charge in [-0.25, -0.2) is 4.98 Å². The zero-order valence-electron chi connectivity index (χ0n) is 10.1. The van der Waals surface area contributed by atoms with Gasteiger partial charge in [-0.2, -0.15) is 5.10 Å². The molecular weight excluding hydrogens is 234 g/mol. The van der Waals surface area contributed by atoms with Crippen LogP contribution >= 0.6 is 0 Å². The van der Waals surface area contributed by atoms with E-state index in [2.05, 4.69) is 25.8 Å². The van der Waals surface area contributed by atoms with Gasteiger partial charge in [0.25, 0.3) is 0 Å². The molecular formula is C11H17N5O2. The quantitative estimate of drug-likeness (QED) is 0.607. The molecule has 18 heavy (non-hydrogen) atoms. The second-order valence-electron chi connectivity index (χ2n) is 4.37. The molecule has 1 aliphatic rings. The summed E-state index contributed by atoms with van der Waals surface area (Å²) in [6, 6.07) is 0. The highest BCUT2D eigenvalue weighted by atomic mass is 16.2. The van der Waals surface area contributed by atoms with E-state index >= 15 is 0 Å². The number of carbonyl (C=O) groups excluding carboxylic acids is 2. The van der Waals surface area contributed by atoms with Gasteiger partial charge in [0, 0.05) is 25.9 Å². The molecule has 1 aromatic rings. The van der Waals surface area contributed by atoms with Crippen molar-refractivity contribution in [2.75, 3.05) is 13.1 Å². The first-order valence-electron chi connectivity index (χ1n) is 6.14. The summed E-state index contributed by atoms with van der Waals surface area (Å²) in [5.74, 6) is 0.791. The topological polar surface area (TPSA) is 99.8 Å². The van der Waals surface area contributed by atoms with Crippen molar-refractivity contribution in [1.82, 2.24) is 25.8 Å². The van der Waals surface area contributed by atoms with Crippen molar-refractivity contribution in [2.45, 2.75) is 25.7 Å². The minimum Gasteiger partial charge on any atom is -0.356 e. The molecule has 1 saturated heterocycles. The zero-order valence-corrected chi connectivity index (χ0v) is 10.1. The van der Waals surface area contributed by atoms with Crippen molar-refractivity contribution in [3.8, 4) is 0 Å². The van der Waals surface area contributed by atoms with Crippen LogP contribution in [0.25, 0.3) is 0 Å². The SMILES string of the molecule is O=C1CCC(C(=O)NCCCc2ncn[nH]2)CN1. The Balaban J connectivity index is 1.61. The van der Waals surface area contributed by atoms with Crippen molar-refractivity contribution in [3.05, 3.63) is 12.2 Å². The molecule has 7 nitrogen and oxygen atoms in total. The van der Waals surface area contributed by atoms with Crippen LogP contribution in [-0.4, -0.2) is 40.1 Å². The molecule has 1 atom stereocenters. The van der Waals surface area contributed by atoms with Crippen molar-refractivity contribution in [2.24, 2.45) is 5.92 Å². The number of nitrogens with zero attached hydrogens (tertiary/aromatic N) is 2. The first-order chi connectivity index (χ1) is 8.75. The molecule has 1 aromatic heterocycles. The minimum atomic E-state index is -0.0898. The van der Waals surface area contributed by atoms with Crippen LogP contribution < -0.4 is 10.6 Å². The van der Waals surface area contributed by atoms with E-state index in [1.807, 2.05) is 0 Å². The second kappa shape index (κ2) is 6.13. The van der Waals surface area contributed by atoms with Crippen LogP contribution in [0.3, 0.4) is 0 Å². The highest BCUT2D eigenvalue weighted by Crippen LogP contribution is 2.10. The van der Waals surface area contributed by atoms with Crippen LogP contribution in [0.4, 0.5) is 0 Å². The third kappa shape index (κ3) is 3.54. The lowest BCUT2D eigenvalue weighted by Crippen LogP contribution is -2.43. The largest absolute Gasteiger partial charge is 0.356 e. The van der Waals surface area contributed by atoms with E-state index in [1.54, 1.807) is 0 Å². The van der Waals surface area contributed by atoms with E-state index in [-0.39, 0.29) is 17.7 Å². The van der Waals surface area contributed by atoms with E-state index in [0.717, 1.165) is 18.7 Å². The molecule has 2 rings (SSSR count). The Kier molecular flexibility index (Phi) is 4.27. The summed E-state index contributed by atoms with van der Waals surface area (Å²) < 4.78 is 0. The Bertz CT molecular complexity index is 394. The number of rotatable bonds is 5. The number of nitrogens with one attached hydrogen (secondary N) is 3. The fourth-order valence-electron chi connectivity index (χ4n) is 1.92. The van der Waals surface area contributed by atoms with Gasteiger partial charge in [-0.1, -0.05) is 0 Å². The third-order valence-electron chi connectivity index (χ3n) is 2.99. The van der Waals surface area contributed by atoms with Gasteiger partial charge in [0.2, 0.25) is 11.8 Å². The number of hydrogen-bond donors (Lipinski definition) is 3. The maximum atomic E-state index is 11.8. The number of aryl methyl sites for hydroxylation is 1. The summed E-state index contributed by atoms with van der Waals surface area (Å²) in [5, 5.41) is 12.1. The van der Waals surface area contributed by atoms with E-state index in [1.165, 1.54) is 6.33 Å². The van der Waals surface area contributed by atoms with Crippen LogP contribution in [0.2, 0.25) is 0 Å².